The molecule has 4 aromatic rings. The van der Waals surface area contributed by atoms with Gasteiger partial charge in [-0.05, 0) is 50.6 Å². The Hall–Kier alpha value is -4.26. The molecule has 0 radical (unpaired) electrons. The SMILES string of the molecule is CN(CC(F)(F)F)c1cc(-c2ccc3nc(Cc4cc(CN5CCN(C(=O)OC(C)(C)C)CC5)ccn4)[nH]c3c2)ncn1. The van der Waals surface area contributed by atoms with Gasteiger partial charge in [0.25, 0.3) is 0 Å². The highest BCUT2D eigenvalue weighted by Crippen LogP contribution is 2.26. The highest BCUT2D eigenvalue weighted by Gasteiger charge is 2.30. The number of aromatic nitrogens is 5. The number of hydrogen-bond donors (Lipinski definition) is 1. The van der Waals surface area contributed by atoms with Gasteiger partial charge in [-0.1, -0.05) is 6.07 Å². The van der Waals surface area contributed by atoms with Gasteiger partial charge in [-0.3, -0.25) is 9.88 Å². The van der Waals surface area contributed by atoms with E-state index in [1.165, 1.54) is 19.4 Å². The van der Waals surface area contributed by atoms with E-state index in [1.807, 2.05) is 45.0 Å². The number of carbonyl (C=O) groups excluding carboxylic acids is 1. The minimum atomic E-state index is -4.34. The molecule has 1 aromatic carbocycles. The summed E-state index contributed by atoms with van der Waals surface area (Å²) in [6.45, 7) is 8.01. The smallest absolute Gasteiger partial charge is 0.410 e. The number of anilines is 1. The molecule has 0 bridgehead atoms. The first kappa shape index (κ1) is 30.2. The zero-order valence-corrected chi connectivity index (χ0v) is 24.6. The predicted octanol–water partition coefficient (Wildman–Crippen LogP) is 5.06. The first-order chi connectivity index (χ1) is 20.3. The number of H-pyrrole nitrogens is 1. The number of amides is 1. The molecule has 3 aromatic heterocycles. The summed E-state index contributed by atoms with van der Waals surface area (Å²) in [5.74, 6) is 0.930. The average molecular weight is 597 g/mol. The monoisotopic (exact) mass is 596 g/mol. The second-order valence-corrected chi connectivity index (χ2v) is 11.7. The Morgan fingerprint density at radius 2 is 1.79 bits per heavy atom. The fraction of sp³-hybridized carbons (Fsp3) is 0.433. The Labute approximate surface area is 247 Å². The summed E-state index contributed by atoms with van der Waals surface area (Å²) < 4.78 is 44.0. The van der Waals surface area contributed by atoms with Gasteiger partial charge < -0.3 is 19.5 Å². The number of aromatic amines is 1. The number of ether oxygens (including phenoxy) is 1. The van der Waals surface area contributed by atoms with Crippen LogP contribution in [-0.2, 0) is 17.7 Å². The van der Waals surface area contributed by atoms with E-state index < -0.39 is 18.3 Å². The van der Waals surface area contributed by atoms with E-state index >= 15 is 0 Å². The lowest BCUT2D eigenvalue weighted by Crippen LogP contribution is -2.49. The molecular formula is C30H35F3N8O2. The first-order valence-corrected chi connectivity index (χ1v) is 14.0. The van der Waals surface area contributed by atoms with E-state index in [1.54, 1.807) is 11.1 Å². The summed E-state index contributed by atoms with van der Waals surface area (Å²) in [6.07, 6.45) is -1.04. The Morgan fingerprint density at radius 1 is 1.02 bits per heavy atom. The van der Waals surface area contributed by atoms with Crippen molar-refractivity contribution in [2.24, 2.45) is 0 Å². The summed E-state index contributed by atoms with van der Waals surface area (Å²) in [5, 5.41) is 0. The molecule has 1 aliphatic rings. The number of nitrogens with one attached hydrogen (secondary N) is 1. The van der Waals surface area contributed by atoms with E-state index in [0.29, 0.717) is 25.2 Å². The number of halogens is 3. The lowest BCUT2D eigenvalue weighted by atomic mass is 10.1. The standard InChI is InChI=1S/C30H35F3N8O2/c1-29(2,3)43-28(42)41-11-9-40(10-12-41)17-20-7-8-34-22(13-20)15-26-37-23-6-5-21(14-25(23)38-26)24-16-27(36-19-35-24)39(4)18-30(31,32)33/h5-8,13-14,16,19H,9-12,15,17-18H2,1-4H3,(H,37,38). The van der Waals surface area contributed by atoms with Crippen LogP contribution in [-0.4, -0.2) is 92.4 Å². The number of fused-ring (bicyclic) bond motifs is 1. The Kier molecular flexibility index (Phi) is 8.54. The Bertz CT molecular complexity index is 1580. The molecule has 0 atom stereocenters. The summed E-state index contributed by atoms with van der Waals surface area (Å²) >= 11 is 0. The minimum Gasteiger partial charge on any atom is -0.444 e. The van der Waals surface area contributed by atoms with Crippen LogP contribution < -0.4 is 4.90 Å². The van der Waals surface area contributed by atoms with Crippen LogP contribution in [0.1, 0.15) is 37.9 Å². The van der Waals surface area contributed by atoms with Crippen LogP contribution in [0, 0.1) is 0 Å². The van der Waals surface area contributed by atoms with Crippen molar-refractivity contribution in [3.63, 3.8) is 0 Å². The molecule has 4 heterocycles. The third-order valence-corrected chi connectivity index (χ3v) is 6.95. The topological polar surface area (TPSA) is 103 Å². The van der Waals surface area contributed by atoms with Gasteiger partial charge >= 0.3 is 12.3 Å². The summed E-state index contributed by atoms with van der Waals surface area (Å²) in [5.41, 5.74) is 4.29. The molecule has 228 valence electrons. The number of imidazole rings is 1. The molecule has 10 nitrogen and oxygen atoms in total. The molecule has 1 N–H and O–H groups in total. The van der Waals surface area contributed by atoms with Crippen molar-refractivity contribution in [2.75, 3.05) is 44.7 Å². The molecule has 1 saturated heterocycles. The molecule has 0 unspecified atom stereocenters. The van der Waals surface area contributed by atoms with Gasteiger partial charge in [-0.25, -0.2) is 19.7 Å². The molecule has 0 spiro atoms. The number of carbonyl (C=O) groups is 1. The van der Waals surface area contributed by atoms with Crippen molar-refractivity contribution in [3.8, 4) is 11.3 Å². The number of piperazine rings is 1. The molecule has 43 heavy (non-hydrogen) atoms. The van der Waals surface area contributed by atoms with Crippen LogP contribution in [0.2, 0.25) is 0 Å². The number of pyridine rings is 1. The summed E-state index contributed by atoms with van der Waals surface area (Å²) in [7, 11) is 1.35. The lowest BCUT2D eigenvalue weighted by molar-refractivity contribution is -0.119. The van der Waals surface area contributed by atoms with Crippen molar-refractivity contribution in [1.29, 1.82) is 0 Å². The Morgan fingerprint density at radius 3 is 2.51 bits per heavy atom. The number of benzene rings is 1. The minimum absolute atomic E-state index is 0.184. The van der Waals surface area contributed by atoms with Crippen LogP contribution in [0.5, 0.6) is 0 Å². The normalized spacial score (nSPS) is 14.7. The van der Waals surface area contributed by atoms with Crippen molar-refractivity contribution in [2.45, 2.75) is 45.5 Å². The van der Waals surface area contributed by atoms with E-state index in [9.17, 15) is 18.0 Å². The van der Waals surface area contributed by atoms with Crippen LogP contribution in [0.4, 0.5) is 23.8 Å². The van der Waals surface area contributed by atoms with Crippen molar-refractivity contribution in [3.05, 3.63) is 66.0 Å². The van der Waals surface area contributed by atoms with Gasteiger partial charge in [-0.15, -0.1) is 0 Å². The zero-order chi connectivity index (χ0) is 30.8. The first-order valence-electron chi connectivity index (χ1n) is 14.0. The van der Waals surface area contributed by atoms with Gasteiger partial charge in [0.2, 0.25) is 0 Å². The quantitative estimate of drug-likeness (QED) is 0.316. The molecule has 0 aliphatic carbocycles. The van der Waals surface area contributed by atoms with Crippen LogP contribution in [0.3, 0.4) is 0 Å². The maximum absolute atomic E-state index is 12.8. The van der Waals surface area contributed by atoms with Crippen LogP contribution in [0.15, 0.2) is 48.9 Å². The van der Waals surface area contributed by atoms with Crippen LogP contribution >= 0.6 is 0 Å². The number of alkyl halides is 3. The molecule has 1 amide bonds. The fourth-order valence-electron chi connectivity index (χ4n) is 4.94. The van der Waals surface area contributed by atoms with Gasteiger partial charge in [0, 0.05) is 69.7 Å². The van der Waals surface area contributed by atoms with Gasteiger partial charge in [0.05, 0.1) is 16.7 Å². The molecule has 1 aliphatic heterocycles. The summed E-state index contributed by atoms with van der Waals surface area (Å²) in [4.78, 5) is 38.3. The van der Waals surface area contributed by atoms with Crippen molar-refractivity contribution < 1.29 is 22.7 Å². The highest BCUT2D eigenvalue weighted by molar-refractivity contribution is 5.81. The van der Waals surface area contributed by atoms with Crippen molar-refractivity contribution >= 4 is 22.9 Å². The zero-order valence-electron chi connectivity index (χ0n) is 24.6. The van der Waals surface area contributed by atoms with Gasteiger partial charge in [0.1, 0.15) is 30.1 Å². The molecule has 5 rings (SSSR count). The molecule has 0 saturated carbocycles. The summed E-state index contributed by atoms with van der Waals surface area (Å²) in [6, 6.07) is 11.2. The van der Waals surface area contributed by atoms with Gasteiger partial charge in [-0.2, -0.15) is 13.2 Å². The lowest BCUT2D eigenvalue weighted by Gasteiger charge is -2.35. The van der Waals surface area contributed by atoms with Crippen LogP contribution in [0.25, 0.3) is 22.3 Å². The average Bonchev–Trinajstić information content (AvgIpc) is 3.33. The molecule has 13 heteroatoms. The van der Waals surface area contributed by atoms with Gasteiger partial charge in [0.15, 0.2) is 0 Å². The third-order valence-electron chi connectivity index (χ3n) is 6.95. The van der Waals surface area contributed by atoms with E-state index in [0.717, 1.165) is 58.2 Å². The fourth-order valence-corrected chi connectivity index (χ4v) is 4.94. The Balaban J connectivity index is 1.22. The second kappa shape index (κ2) is 12.2. The molecular weight excluding hydrogens is 561 g/mol. The third kappa shape index (κ3) is 8.19. The maximum atomic E-state index is 12.8. The molecule has 1 fully saturated rings. The predicted molar refractivity (Wildman–Crippen MR) is 157 cm³/mol. The highest BCUT2D eigenvalue weighted by atomic mass is 19.4. The maximum Gasteiger partial charge on any atom is 0.410 e. The van der Waals surface area contributed by atoms with E-state index in [4.69, 9.17) is 9.72 Å². The second-order valence-electron chi connectivity index (χ2n) is 11.7. The number of hydrogen-bond acceptors (Lipinski definition) is 8. The number of rotatable bonds is 7. The number of nitrogens with zero attached hydrogens (tertiary/aromatic N) is 7. The van der Waals surface area contributed by atoms with Crippen molar-refractivity contribution in [1.82, 2.24) is 34.7 Å². The van der Waals surface area contributed by atoms with E-state index in [-0.39, 0.29) is 11.9 Å². The largest absolute Gasteiger partial charge is 0.444 e. The van der Waals surface area contributed by atoms with E-state index in [2.05, 4.69) is 30.9 Å².